The summed E-state index contributed by atoms with van der Waals surface area (Å²) < 4.78 is 1.61. The zero-order valence-electron chi connectivity index (χ0n) is 15.3. The average Bonchev–Trinajstić information content (AvgIpc) is 3.12. The zero-order chi connectivity index (χ0) is 18.5. The molecule has 1 aliphatic rings. The van der Waals surface area contributed by atoms with Gasteiger partial charge in [0.2, 0.25) is 5.91 Å². The molecule has 1 aromatic carbocycles. The number of amides is 2. The molecule has 2 amide bonds. The highest BCUT2D eigenvalue weighted by Crippen LogP contribution is 2.14. The van der Waals surface area contributed by atoms with Crippen molar-refractivity contribution in [2.24, 2.45) is 7.05 Å². The Bertz CT molecular complexity index is 758. The molecular formula is C19H25N5O2. The summed E-state index contributed by atoms with van der Waals surface area (Å²) in [6, 6.07) is 11.6. The summed E-state index contributed by atoms with van der Waals surface area (Å²) in [5.74, 6) is -0.182. The van der Waals surface area contributed by atoms with Gasteiger partial charge in [-0.2, -0.15) is 5.10 Å². The predicted molar refractivity (Wildman–Crippen MR) is 98.7 cm³/mol. The molecule has 0 radical (unpaired) electrons. The third kappa shape index (κ3) is 4.11. The average molecular weight is 355 g/mol. The summed E-state index contributed by atoms with van der Waals surface area (Å²) in [4.78, 5) is 28.9. The van der Waals surface area contributed by atoms with Crippen LogP contribution in [0.1, 0.15) is 16.1 Å². The number of piperazine rings is 1. The van der Waals surface area contributed by atoms with E-state index in [1.54, 1.807) is 35.9 Å². The van der Waals surface area contributed by atoms with Crippen molar-refractivity contribution in [1.82, 2.24) is 24.9 Å². The number of carbonyl (C=O) groups excluding carboxylic acids is 2. The van der Waals surface area contributed by atoms with E-state index in [-0.39, 0.29) is 17.9 Å². The van der Waals surface area contributed by atoms with Crippen molar-refractivity contribution in [2.45, 2.75) is 12.5 Å². The van der Waals surface area contributed by atoms with Gasteiger partial charge in [-0.1, -0.05) is 30.3 Å². The van der Waals surface area contributed by atoms with E-state index in [0.29, 0.717) is 25.3 Å². The number of carbonyl (C=O) groups is 2. The second-order valence-corrected chi connectivity index (χ2v) is 6.53. The third-order valence-corrected chi connectivity index (χ3v) is 4.79. The number of aromatic nitrogens is 2. The molecular weight excluding hydrogens is 330 g/mol. The van der Waals surface area contributed by atoms with Crippen molar-refractivity contribution >= 4 is 11.8 Å². The van der Waals surface area contributed by atoms with Crippen molar-refractivity contribution in [2.75, 3.05) is 33.2 Å². The summed E-state index contributed by atoms with van der Waals surface area (Å²) in [5, 5.41) is 6.91. The van der Waals surface area contributed by atoms with E-state index in [4.69, 9.17) is 0 Å². The quantitative estimate of drug-likeness (QED) is 0.850. The normalized spacial score (nSPS) is 17.9. The number of nitrogens with zero attached hydrogens (tertiary/aromatic N) is 4. The van der Waals surface area contributed by atoms with Crippen LogP contribution < -0.4 is 5.32 Å². The van der Waals surface area contributed by atoms with E-state index >= 15 is 0 Å². The highest BCUT2D eigenvalue weighted by Gasteiger charge is 2.34. The molecule has 0 spiro atoms. The van der Waals surface area contributed by atoms with Gasteiger partial charge in [0, 0.05) is 46.5 Å². The Hall–Kier alpha value is -2.67. The first-order chi connectivity index (χ1) is 12.6. The molecule has 1 atom stereocenters. The van der Waals surface area contributed by atoms with Gasteiger partial charge in [-0.3, -0.25) is 19.2 Å². The lowest BCUT2D eigenvalue weighted by Crippen LogP contribution is -2.60. The zero-order valence-corrected chi connectivity index (χ0v) is 15.3. The molecule has 7 nitrogen and oxygen atoms in total. The van der Waals surface area contributed by atoms with Crippen molar-refractivity contribution in [3.8, 4) is 0 Å². The monoisotopic (exact) mass is 355 g/mol. The lowest BCUT2D eigenvalue weighted by Gasteiger charge is -2.40. The van der Waals surface area contributed by atoms with Crippen LogP contribution in [0.4, 0.5) is 0 Å². The summed E-state index contributed by atoms with van der Waals surface area (Å²) in [7, 11) is 3.42. The Kier molecular flexibility index (Phi) is 5.68. The fourth-order valence-corrected chi connectivity index (χ4v) is 3.30. The van der Waals surface area contributed by atoms with Crippen LogP contribution in [-0.4, -0.2) is 70.7 Å². The van der Waals surface area contributed by atoms with Crippen molar-refractivity contribution in [3.05, 3.63) is 53.9 Å². The number of hydrogen-bond donors (Lipinski definition) is 1. The van der Waals surface area contributed by atoms with Crippen molar-refractivity contribution in [1.29, 1.82) is 0 Å². The first kappa shape index (κ1) is 18.1. The van der Waals surface area contributed by atoms with Gasteiger partial charge < -0.3 is 10.2 Å². The molecule has 1 fully saturated rings. The maximum Gasteiger partial charge on any atom is 0.274 e. The highest BCUT2D eigenvalue weighted by atomic mass is 16.2. The van der Waals surface area contributed by atoms with Gasteiger partial charge in [0.15, 0.2) is 0 Å². The molecule has 0 aliphatic carbocycles. The lowest BCUT2D eigenvalue weighted by atomic mass is 10.1. The van der Waals surface area contributed by atoms with Crippen LogP contribution in [0.25, 0.3) is 0 Å². The van der Waals surface area contributed by atoms with Crippen LogP contribution in [-0.2, 0) is 18.3 Å². The second-order valence-electron chi connectivity index (χ2n) is 6.53. The van der Waals surface area contributed by atoms with E-state index < -0.39 is 0 Å². The molecule has 2 heterocycles. The molecule has 26 heavy (non-hydrogen) atoms. The Morgan fingerprint density at radius 2 is 1.96 bits per heavy atom. The molecule has 3 rings (SSSR count). The first-order valence-corrected chi connectivity index (χ1v) is 8.87. The minimum atomic E-state index is -0.342. The number of nitrogens with one attached hydrogen (secondary N) is 1. The van der Waals surface area contributed by atoms with Crippen molar-refractivity contribution in [3.63, 3.8) is 0 Å². The number of hydrogen-bond acceptors (Lipinski definition) is 4. The molecule has 1 saturated heterocycles. The van der Waals surface area contributed by atoms with Gasteiger partial charge in [-0.15, -0.1) is 0 Å². The largest absolute Gasteiger partial charge is 0.358 e. The summed E-state index contributed by atoms with van der Waals surface area (Å²) >= 11 is 0. The van der Waals surface area contributed by atoms with E-state index in [2.05, 4.69) is 27.4 Å². The van der Waals surface area contributed by atoms with E-state index in [1.165, 1.54) is 5.56 Å². The van der Waals surface area contributed by atoms with E-state index in [1.807, 2.05) is 18.2 Å². The van der Waals surface area contributed by atoms with Gasteiger partial charge >= 0.3 is 0 Å². The summed E-state index contributed by atoms with van der Waals surface area (Å²) in [6.45, 7) is 2.43. The number of aryl methyl sites for hydroxylation is 1. The molecule has 0 saturated carbocycles. The first-order valence-electron chi connectivity index (χ1n) is 8.87. The standard InChI is InChI=1S/C19H25N5O2/c1-20-18(25)17-14-24(19(26)16-9-10-22(2)21-16)13-12-23(17)11-8-15-6-4-3-5-7-15/h3-7,9-10,17H,8,11-14H2,1-2H3,(H,20,25)/t17-/m1/s1. The molecule has 0 unspecified atom stereocenters. The number of benzene rings is 1. The Balaban J connectivity index is 1.67. The van der Waals surface area contributed by atoms with Gasteiger partial charge in [0.25, 0.3) is 5.91 Å². The van der Waals surface area contributed by atoms with Crippen LogP contribution >= 0.6 is 0 Å². The SMILES string of the molecule is CNC(=O)[C@H]1CN(C(=O)c2ccn(C)n2)CCN1CCc1ccccc1. The number of rotatable bonds is 5. The van der Waals surface area contributed by atoms with Gasteiger partial charge in [0.1, 0.15) is 11.7 Å². The molecule has 1 aromatic heterocycles. The molecule has 138 valence electrons. The third-order valence-electron chi connectivity index (χ3n) is 4.79. The van der Waals surface area contributed by atoms with Crippen LogP contribution in [0.3, 0.4) is 0 Å². The Morgan fingerprint density at radius 1 is 1.19 bits per heavy atom. The molecule has 1 aliphatic heterocycles. The minimum absolute atomic E-state index is 0.0587. The maximum atomic E-state index is 12.7. The van der Waals surface area contributed by atoms with Crippen LogP contribution in [0, 0.1) is 0 Å². The second kappa shape index (κ2) is 8.14. The van der Waals surface area contributed by atoms with Gasteiger partial charge in [-0.25, -0.2) is 0 Å². The smallest absolute Gasteiger partial charge is 0.274 e. The van der Waals surface area contributed by atoms with E-state index in [9.17, 15) is 9.59 Å². The molecule has 1 N–H and O–H groups in total. The van der Waals surface area contributed by atoms with Crippen LogP contribution in [0.15, 0.2) is 42.6 Å². The fraction of sp³-hybridized carbons (Fsp3) is 0.421. The van der Waals surface area contributed by atoms with Crippen LogP contribution in [0.2, 0.25) is 0 Å². The van der Waals surface area contributed by atoms with Gasteiger partial charge in [-0.05, 0) is 18.1 Å². The van der Waals surface area contributed by atoms with E-state index in [0.717, 1.165) is 13.0 Å². The number of likely N-dealkylation sites (N-methyl/N-ethyl adjacent to an activating group) is 1. The topological polar surface area (TPSA) is 70.5 Å². The maximum absolute atomic E-state index is 12.7. The summed E-state index contributed by atoms with van der Waals surface area (Å²) in [6.07, 6.45) is 2.63. The highest BCUT2D eigenvalue weighted by molar-refractivity contribution is 5.93. The predicted octanol–water partition coefficient (Wildman–Crippen LogP) is 0.535. The Labute approximate surface area is 153 Å². The van der Waals surface area contributed by atoms with Crippen LogP contribution in [0.5, 0.6) is 0 Å². The molecule has 0 bridgehead atoms. The minimum Gasteiger partial charge on any atom is -0.358 e. The lowest BCUT2D eigenvalue weighted by molar-refractivity contribution is -0.127. The fourth-order valence-electron chi connectivity index (χ4n) is 3.30. The Morgan fingerprint density at radius 3 is 2.62 bits per heavy atom. The summed E-state index contributed by atoms with van der Waals surface area (Å²) in [5.41, 5.74) is 1.66. The van der Waals surface area contributed by atoms with Crippen molar-refractivity contribution < 1.29 is 9.59 Å². The molecule has 2 aromatic rings. The molecule has 7 heteroatoms. The van der Waals surface area contributed by atoms with Gasteiger partial charge in [0.05, 0.1) is 0 Å².